The Morgan fingerprint density at radius 2 is 1.88 bits per heavy atom. The van der Waals surface area contributed by atoms with Gasteiger partial charge in [-0.15, -0.1) is 0 Å². The maximum atomic E-state index is 12.4. The van der Waals surface area contributed by atoms with Crippen molar-refractivity contribution in [1.29, 1.82) is 0 Å². The van der Waals surface area contributed by atoms with E-state index < -0.39 is 12.5 Å². The van der Waals surface area contributed by atoms with Crippen LogP contribution in [0.3, 0.4) is 0 Å². The first kappa shape index (κ1) is 18.0. The number of benzene rings is 2. The first-order valence-corrected chi connectivity index (χ1v) is 7.58. The van der Waals surface area contributed by atoms with E-state index in [0.717, 1.165) is 4.47 Å². The second-order valence-electron chi connectivity index (χ2n) is 4.53. The SMILES string of the molecule is COc1ccc(NC(=O)COc2ccc(Br)cc2)cc1OC(F)F. The third-order valence-electron chi connectivity index (χ3n) is 2.85. The molecule has 0 aliphatic heterocycles. The van der Waals surface area contributed by atoms with Gasteiger partial charge in [0.1, 0.15) is 5.75 Å². The van der Waals surface area contributed by atoms with Crippen LogP contribution in [0.4, 0.5) is 14.5 Å². The second-order valence-corrected chi connectivity index (χ2v) is 5.45. The van der Waals surface area contributed by atoms with Crippen LogP contribution in [0.2, 0.25) is 0 Å². The number of amides is 1. The fourth-order valence-corrected chi connectivity index (χ4v) is 2.08. The Bertz CT molecular complexity index is 695. The van der Waals surface area contributed by atoms with E-state index in [9.17, 15) is 13.6 Å². The van der Waals surface area contributed by atoms with Crippen LogP contribution in [0.5, 0.6) is 17.2 Å². The molecule has 0 aromatic heterocycles. The van der Waals surface area contributed by atoms with Gasteiger partial charge in [-0.25, -0.2) is 0 Å². The Labute approximate surface area is 145 Å². The first-order valence-electron chi connectivity index (χ1n) is 6.79. The molecule has 128 valence electrons. The van der Waals surface area contributed by atoms with E-state index in [-0.39, 0.29) is 23.8 Å². The number of hydrogen-bond acceptors (Lipinski definition) is 4. The molecule has 0 spiro atoms. The summed E-state index contributed by atoms with van der Waals surface area (Å²) >= 11 is 3.29. The van der Waals surface area contributed by atoms with E-state index in [1.165, 1.54) is 25.3 Å². The zero-order chi connectivity index (χ0) is 17.5. The van der Waals surface area contributed by atoms with Gasteiger partial charge >= 0.3 is 6.61 Å². The third-order valence-corrected chi connectivity index (χ3v) is 3.38. The van der Waals surface area contributed by atoms with E-state index in [1.54, 1.807) is 24.3 Å². The van der Waals surface area contributed by atoms with Gasteiger partial charge in [0.15, 0.2) is 18.1 Å². The molecule has 24 heavy (non-hydrogen) atoms. The van der Waals surface area contributed by atoms with Crippen molar-refractivity contribution in [3.05, 3.63) is 46.9 Å². The Hall–Kier alpha value is -2.35. The molecule has 0 atom stereocenters. The number of hydrogen-bond donors (Lipinski definition) is 1. The second kappa shape index (κ2) is 8.49. The number of carbonyl (C=O) groups is 1. The number of nitrogens with one attached hydrogen (secondary N) is 1. The van der Waals surface area contributed by atoms with Crippen LogP contribution in [-0.2, 0) is 4.79 Å². The van der Waals surface area contributed by atoms with Crippen LogP contribution >= 0.6 is 15.9 Å². The Balaban J connectivity index is 1.96. The van der Waals surface area contributed by atoms with Crippen LogP contribution in [0.15, 0.2) is 46.9 Å². The molecule has 0 radical (unpaired) electrons. The van der Waals surface area contributed by atoms with E-state index in [2.05, 4.69) is 26.0 Å². The number of ether oxygens (including phenoxy) is 3. The fourth-order valence-electron chi connectivity index (χ4n) is 1.82. The lowest BCUT2D eigenvalue weighted by molar-refractivity contribution is -0.118. The molecule has 2 aromatic rings. The van der Waals surface area contributed by atoms with Crippen molar-refractivity contribution in [3.63, 3.8) is 0 Å². The molecule has 0 fully saturated rings. The topological polar surface area (TPSA) is 56.8 Å². The lowest BCUT2D eigenvalue weighted by atomic mass is 10.2. The average molecular weight is 402 g/mol. The summed E-state index contributed by atoms with van der Waals surface area (Å²) in [6.07, 6.45) is 0. The predicted molar refractivity (Wildman–Crippen MR) is 87.9 cm³/mol. The standard InChI is InChI=1S/C16H14BrF2NO4/c1-22-13-7-4-11(8-14(13)24-16(18)19)20-15(21)9-23-12-5-2-10(17)3-6-12/h2-8,16H,9H2,1H3,(H,20,21). The molecule has 0 heterocycles. The highest BCUT2D eigenvalue weighted by Crippen LogP contribution is 2.31. The van der Waals surface area contributed by atoms with Crippen molar-refractivity contribution in [2.45, 2.75) is 6.61 Å². The Morgan fingerprint density at radius 1 is 1.17 bits per heavy atom. The highest BCUT2D eigenvalue weighted by atomic mass is 79.9. The lowest BCUT2D eigenvalue weighted by Crippen LogP contribution is -2.20. The van der Waals surface area contributed by atoms with Crippen LogP contribution in [0.1, 0.15) is 0 Å². The molecule has 0 bridgehead atoms. The minimum Gasteiger partial charge on any atom is -0.493 e. The Morgan fingerprint density at radius 3 is 2.50 bits per heavy atom. The summed E-state index contributed by atoms with van der Waals surface area (Å²) in [7, 11) is 1.33. The van der Waals surface area contributed by atoms with E-state index >= 15 is 0 Å². The number of carbonyl (C=O) groups excluding carboxylic acids is 1. The number of rotatable bonds is 7. The van der Waals surface area contributed by atoms with Crippen molar-refractivity contribution < 1.29 is 27.8 Å². The quantitative estimate of drug-likeness (QED) is 0.759. The molecule has 0 aliphatic carbocycles. The third kappa shape index (κ3) is 5.38. The lowest BCUT2D eigenvalue weighted by Gasteiger charge is -2.12. The molecular formula is C16H14BrF2NO4. The zero-order valence-corrected chi connectivity index (χ0v) is 14.2. The van der Waals surface area contributed by atoms with Crippen molar-refractivity contribution in [3.8, 4) is 17.2 Å². The average Bonchev–Trinajstić information content (AvgIpc) is 2.54. The van der Waals surface area contributed by atoms with Crippen LogP contribution in [0, 0.1) is 0 Å². The summed E-state index contributed by atoms with van der Waals surface area (Å²) in [6.45, 7) is -3.22. The first-order chi connectivity index (χ1) is 11.5. The normalized spacial score (nSPS) is 10.4. The Kier molecular flexibility index (Phi) is 6.36. The maximum Gasteiger partial charge on any atom is 0.387 e. The van der Waals surface area contributed by atoms with Gasteiger partial charge in [0, 0.05) is 16.2 Å². The molecule has 0 saturated heterocycles. The van der Waals surface area contributed by atoms with Gasteiger partial charge in [-0.3, -0.25) is 4.79 Å². The summed E-state index contributed by atoms with van der Waals surface area (Å²) in [5.41, 5.74) is 0.288. The van der Waals surface area contributed by atoms with Gasteiger partial charge < -0.3 is 19.5 Å². The highest BCUT2D eigenvalue weighted by Gasteiger charge is 2.12. The van der Waals surface area contributed by atoms with Crippen molar-refractivity contribution in [2.24, 2.45) is 0 Å². The summed E-state index contributed by atoms with van der Waals surface area (Å²) in [5.74, 6) is 0.0643. The number of methoxy groups -OCH3 is 1. The molecule has 2 rings (SSSR count). The van der Waals surface area contributed by atoms with Crippen molar-refractivity contribution >= 4 is 27.5 Å². The number of alkyl halides is 2. The molecule has 1 N–H and O–H groups in total. The van der Waals surface area contributed by atoms with Gasteiger partial charge in [-0.05, 0) is 36.4 Å². The van der Waals surface area contributed by atoms with Crippen LogP contribution in [0.25, 0.3) is 0 Å². The van der Waals surface area contributed by atoms with E-state index in [4.69, 9.17) is 9.47 Å². The zero-order valence-electron chi connectivity index (χ0n) is 12.6. The molecule has 0 unspecified atom stereocenters. The molecular weight excluding hydrogens is 388 g/mol. The smallest absolute Gasteiger partial charge is 0.387 e. The minimum atomic E-state index is -2.99. The van der Waals surface area contributed by atoms with E-state index in [1.807, 2.05) is 0 Å². The summed E-state index contributed by atoms with van der Waals surface area (Å²) in [4.78, 5) is 11.9. The van der Waals surface area contributed by atoms with Crippen molar-refractivity contribution in [2.75, 3.05) is 19.0 Å². The maximum absolute atomic E-state index is 12.4. The molecule has 0 aliphatic rings. The summed E-state index contributed by atoms with van der Waals surface area (Å²) in [6, 6.07) is 11.2. The molecule has 1 amide bonds. The fraction of sp³-hybridized carbons (Fsp3) is 0.188. The minimum absolute atomic E-state index is 0.138. The molecule has 2 aromatic carbocycles. The summed E-state index contributed by atoms with van der Waals surface area (Å²) < 4.78 is 40.3. The summed E-state index contributed by atoms with van der Waals surface area (Å²) in [5, 5.41) is 2.53. The number of anilines is 1. The van der Waals surface area contributed by atoms with Gasteiger partial charge in [-0.1, -0.05) is 15.9 Å². The van der Waals surface area contributed by atoms with Gasteiger partial charge in [0.25, 0.3) is 5.91 Å². The molecule has 8 heteroatoms. The predicted octanol–water partition coefficient (Wildman–Crippen LogP) is 4.08. The molecule has 0 saturated carbocycles. The van der Waals surface area contributed by atoms with Crippen molar-refractivity contribution in [1.82, 2.24) is 0 Å². The number of halogens is 3. The van der Waals surface area contributed by atoms with Gasteiger partial charge in [0.2, 0.25) is 0 Å². The molecule has 5 nitrogen and oxygen atoms in total. The van der Waals surface area contributed by atoms with Gasteiger partial charge in [0.05, 0.1) is 7.11 Å². The van der Waals surface area contributed by atoms with Crippen LogP contribution in [-0.4, -0.2) is 26.2 Å². The van der Waals surface area contributed by atoms with E-state index in [0.29, 0.717) is 5.75 Å². The highest BCUT2D eigenvalue weighted by molar-refractivity contribution is 9.10. The van der Waals surface area contributed by atoms with Crippen LogP contribution < -0.4 is 19.5 Å². The van der Waals surface area contributed by atoms with Gasteiger partial charge in [-0.2, -0.15) is 8.78 Å². The largest absolute Gasteiger partial charge is 0.493 e. The monoisotopic (exact) mass is 401 g/mol.